The predicted molar refractivity (Wildman–Crippen MR) is 74.7 cm³/mol. The molecule has 2 nitrogen and oxygen atoms in total. The number of hydrogen-bond acceptors (Lipinski definition) is 1. The van der Waals surface area contributed by atoms with E-state index in [0.29, 0.717) is 11.1 Å². The molecule has 0 heterocycles. The standard InChI is InChI=1S/C16H14F3NO/c1-20-15(21)10-11-6-2-3-7-12(11)13-8-4-5-9-14(13)16(17,18)19/h2-9H,10H2,1H3,(H,20,21). The molecule has 1 N–H and O–H groups in total. The first-order valence-corrected chi connectivity index (χ1v) is 6.38. The molecule has 2 aromatic rings. The van der Waals surface area contributed by atoms with Gasteiger partial charge in [0.05, 0.1) is 12.0 Å². The smallest absolute Gasteiger partial charge is 0.359 e. The third-order valence-corrected chi connectivity index (χ3v) is 3.17. The first kappa shape index (κ1) is 15.1. The Bertz CT molecular complexity index is 650. The van der Waals surface area contributed by atoms with Gasteiger partial charge >= 0.3 is 6.18 Å². The molecule has 21 heavy (non-hydrogen) atoms. The minimum Gasteiger partial charge on any atom is -0.359 e. The van der Waals surface area contributed by atoms with Crippen LogP contribution in [0.1, 0.15) is 11.1 Å². The molecule has 0 aliphatic carbocycles. The van der Waals surface area contributed by atoms with Crippen molar-refractivity contribution in [1.29, 1.82) is 0 Å². The highest BCUT2D eigenvalue weighted by Crippen LogP contribution is 2.38. The third kappa shape index (κ3) is 3.42. The minimum absolute atomic E-state index is 0.0405. The van der Waals surface area contributed by atoms with E-state index >= 15 is 0 Å². The number of carbonyl (C=O) groups excluding carboxylic acids is 1. The van der Waals surface area contributed by atoms with Crippen LogP contribution in [0, 0.1) is 0 Å². The van der Waals surface area contributed by atoms with Gasteiger partial charge in [-0.3, -0.25) is 4.79 Å². The van der Waals surface area contributed by atoms with Gasteiger partial charge in [0.2, 0.25) is 5.91 Å². The highest BCUT2D eigenvalue weighted by atomic mass is 19.4. The number of carbonyl (C=O) groups is 1. The van der Waals surface area contributed by atoms with Gasteiger partial charge in [0.1, 0.15) is 0 Å². The molecular weight excluding hydrogens is 279 g/mol. The van der Waals surface area contributed by atoms with E-state index in [0.717, 1.165) is 6.07 Å². The molecule has 5 heteroatoms. The van der Waals surface area contributed by atoms with E-state index in [1.54, 1.807) is 30.3 Å². The number of hydrogen-bond donors (Lipinski definition) is 1. The zero-order valence-electron chi connectivity index (χ0n) is 11.4. The van der Waals surface area contributed by atoms with E-state index in [1.807, 2.05) is 0 Å². The van der Waals surface area contributed by atoms with Crippen LogP contribution in [0.3, 0.4) is 0 Å². The molecule has 0 bridgehead atoms. The average molecular weight is 293 g/mol. The first-order chi connectivity index (χ1) is 9.93. The number of likely N-dealkylation sites (N-methyl/N-ethyl adjacent to an activating group) is 1. The summed E-state index contributed by atoms with van der Waals surface area (Å²) < 4.78 is 39.3. The molecular formula is C16H14F3NO. The maximum Gasteiger partial charge on any atom is 0.417 e. The lowest BCUT2D eigenvalue weighted by atomic mass is 9.93. The van der Waals surface area contributed by atoms with E-state index in [4.69, 9.17) is 0 Å². The van der Waals surface area contributed by atoms with E-state index in [2.05, 4.69) is 5.32 Å². The lowest BCUT2D eigenvalue weighted by Crippen LogP contribution is -2.20. The van der Waals surface area contributed by atoms with Gasteiger partial charge in [0.25, 0.3) is 0 Å². The molecule has 0 saturated carbocycles. The van der Waals surface area contributed by atoms with Crippen LogP contribution in [0.5, 0.6) is 0 Å². The van der Waals surface area contributed by atoms with Crippen LogP contribution < -0.4 is 5.32 Å². The van der Waals surface area contributed by atoms with Crippen LogP contribution in [0.2, 0.25) is 0 Å². The molecule has 0 aliphatic rings. The highest BCUT2D eigenvalue weighted by Gasteiger charge is 2.33. The number of alkyl halides is 3. The summed E-state index contributed by atoms with van der Waals surface area (Å²) in [5.41, 5.74) is 0.376. The average Bonchev–Trinajstić information content (AvgIpc) is 2.47. The quantitative estimate of drug-likeness (QED) is 0.919. The monoisotopic (exact) mass is 293 g/mol. The van der Waals surface area contributed by atoms with Gasteiger partial charge in [0, 0.05) is 7.05 Å². The third-order valence-electron chi connectivity index (χ3n) is 3.17. The summed E-state index contributed by atoms with van der Waals surface area (Å²) in [6.45, 7) is 0. The van der Waals surface area contributed by atoms with Crippen molar-refractivity contribution < 1.29 is 18.0 Å². The molecule has 0 radical (unpaired) electrons. The van der Waals surface area contributed by atoms with Crippen molar-refractivity contribution in [2.75, 3.05) is 7.05 Å². The molecule has 2 aromatic carbocycles. The minimum atomic E-state index is -4.43. The predicted octanol–water partition coefficient (Wildman–Crippen LogP) is 3.66. The van der Waals surface area contributed by atoms with Crippen molar-refractivity contribution >= 4 is 5.91 Å². The Labute approximate surface area is 120 Å². The molecule has 0 aliphatic heterocycles. The molecule has 0 fully saturated rings. The summed E-state index contributed by atoms with van der Waals surface area (Å²) in [7, 11) is 1.49. The summed E-state index contributed by atoms with van der Waals surface area (Å²) in [6.07, 6.45) is -4.39. The molecule has 0 aromatic heterocycles. The van der Waals surface area contributed by atoms with Gasteiger partial charge in [0.15, 0.2) is 0 Å². The normalized spacial score (nSPS) is 11.2. The molecule has 0 atom stereocenters. The van der Waals surface area contributed by atoms with Gasteiger partial charge in [-0.05, 0) is 22.8 Å². The number of halogens is 3. The van der Waals surface area contributed by atoms with E-state index < -0.39 is 11.7 Å². The second-order valence-corrected chi connectivity index (χ2v) is 4.55. The lowest BCUT2D eigenvalue weighted by Gasteiger charge is -2.15. The number of amides is 1. The number of nitrogens with one attached hydrogen (secondary N) is 1. The summed E-state index contributed by atoms with van der Waals surface area (Å²) in [5, 5.41) is 2.48. The second-order valence-electron chi connectivity index (χ2n) is 4.55. The Morgan fingerprint density at radius 2 is 1.57 bits per heavy atom. The molecule has 0 spiro atoms. The van der Waals surface area contributed by atoms with Crippen molar-refractivity contribution in [2.24, 2.45) is 0 Å². The largest absolute Gasteiger partial charge is 0.417 e. The fraction of sp³-hybridized carbons (Fsp3) is 0.188. The molecule has 1 amide bonds. The van der Waals surface area contributed by atoms with Crippen molar-refractivity contribution in [3.05, 3.63) is 59.7 Å². The van der Waals surface area contributed by atoms with Crippen LogP contribution in [0.15, 0.2) is 48.5 Å². The van der Waals surface area contributed by atoms with Crippen LogP contribution in [0.4, 0.5) is 13.2 Å². The second kappa shape index (κ2) is 5.99. The Hall–Kier alpha value is -2.30. The van der Waals surface area contributed by atoms with Gasteiger partial charge in [-0.25, -0.2) is 0 Å². The summed E-state index contributed by atoms with van der Waals surface area (Å²) >= 11 is 0. The fourth-order valence-corrected chi connectivity index (χ4v) is 2.16. The molecule has 0 saturated heterocycles. The van der Waals surface area contributed by atoms with Crippen molar-refractivity contribution in [3.8, 4) is 11.1 Å². The van der Waals surface area contributed by atoms with Crippen LogP contribution >= 0.6 is 0 Å². The summed E-state index contributed by atoms with van der Waals surface area (Å²) in [5.74, 6) is -0.244. The Morgan fingerprint density at radius 3 is 2.19 bits per heavy atom. The topological polar surface area (TPSA) is 29.1 Å². The van der Waals surface area contributed by atoms with Crippen LogP contribution in [-0.2, 0) is 17.4 Å². The fourth-order valence-electron chi connectivity index (χ4n) is 2.16. The highest BCUT2D eigenvalue weighted by molar-refractivity contribution is 5.82. The molecule has 2 rings (SSSR count). The summed E-state index contributed by atoms with van der Waals surface area (Å²) in [6, 6.07) is 12.0. The maximum absolute atomic E-state index is 13.1. The Morgan fingerprint density at radius 1 is 1.00 bits per heavy atom. The SMILES string of the molecule is CNC(=O)Cc1ccccc1-c1ccccc1C(F)(F)F. The van der Waals surface area contributed by atoms with Gasteiger partial charge in [-0.2, -0.15) is 13.2 Å². The Kier molecular flexibility index (Phi) is 4.31. The summed E-state index contributed by atoms with van der Waals surface area (Å²) in [4.78, 5) is 11.5. The van der Waals surface area contributed by atoms with Crippen molar-refractivity contribution in [1.82, 2.24) is 5.32 Å². The first-order valence-electron chi connectivity index (χ1n) is 6.38. The number of rotatable bonds is 3. The van der Waals surface area contributed by atoms with Crippen LogP contribution in [-0.4, -0.2) is 13.0 Å². The Balaban J connectivity index is 2.55. The molecule has 110 valence electrons. The zero-order valence-corrected chi connectivity index (χ0v) is 11.4. The zero-order chi connectivity index (χ0) is 15.5. The van der Waals surface area contributed by atoms with Crippen molar-refractivity contribution in [3.63, 3.8) is 0 Å². The van der Waals surface area contributed by atoms with E-state index in [9.17, 15) is 18.0 Å². The lowest BCUT2D eigenvalue weighted by molar-refractivity contribution is -0.137. The van der Waals surface area contributed by atoms with Gasteiger partial charge in [-0.15, -0.1) is 0 Å². The maximum atomic E-state index is 13.1. The van der Waals surface area contributed by atoms with Gasteiger partial charge in [-0.1, -0.05) is 42.5 Å². The molecule has 0 unspecified atom stereocenters. The van der Waals surface area contributed by atoms with E-state index in [-0.39, 0.29) is 17.9 Å². The van der Waals surface area contributed by atoms with Crippen molar-refractivity contribution in [2.45, 2.75) is 12.6 Å². The van der Waals surface area contributed by atoms with Crippen LogP contribution in [0.25, 0.3) is 11.1 Å². The van der Waals surface area contributed by atoms with E-state index in [1.165, 1.54) is 19.2 Å². The van der Waals surface area contributed by atoms with Gasteiger partial charge < -0.3 is 5.32 Å². The number of benzene rings is 2.